The van der Waals surface area contributed by atoms with Crippen LogP contribution in [0.4, 0.5) is 4.39 Å². The largest absolute Gasteiger partial charge is 0.313 e. The third-order valence-corrected chi connectivity index (χ3v) is 5.38. The predicted octanol–water partition coefficient (Wildman–Crippen LogP) is 3.30. The third-order valence-electron chi connectivity index (χ3n) is 4.01. The summed E-state index contributed by atoms with van der Waals surface area (Å²) in [7, 11) is 1.95. The van der Waals surface area contributed by atoms with Crippen molar-refractivity contribution in [2.75, 3.05) is 32.4 Å². The molecule has 0 radical (unpaired) electrons. The number of benzene rings is 1. The SMILES string of the molecule is CCC1CN(CCC(NC)c2cccc(F)c2)CCS1. The molecule has 0 spiro atoms. The van der Waals surface area contributed by atoms with Gasteiger partial charge in [0.15, 0.2) is 0 Å². The highest BCUT2D eigenvalue weighted by Gasteiger charge is 2.20. The van der Waals surface area contributed by atoms with Crippen LogP contribution in [0.1, 0.15) is 31.4 Å². The van der Waals surface area contributed by atoms with E-state index in [9.17, 15) is 4.39 Å². The molecule has 2 nitrogen and oxygen atoms in total. The van der Waals surface area contributed by atoms with E-state index in [2.05, 4.69) is 28.9 Å². The minimum Gasteiger partial charge on any atom is -0.313 e. The monoisotopic (exact) mass is 296 g/mol. The Bertz CT molecular complexity index is 413. The molecule has 112 valence electrons. The Morgan fingerprint density at radius 2 is 2.35 bits per heavy atom. The van der Waals surface area contributed by atoms with Crippen molar-refractivity contribution in [1.82, 2.24) is 10.2 Å². The maximum Gasteiger partial charge on any atom is 0.123 e. The van der Waals surface area contributed by atoms with Crippen molar-refractivity contribution in [3.63, 3.8) is 0 Å². The van der Waals surface area contributed by atoms with E-state index in [0.29, 0.717) is 0 Å². The van der Waals surface area contributed by atoms with Crippen molar-refractivity contribution in [2.45, 2.75) is 31.1 Å². The topological polar surface area (TPSA) is 15.3 Å². The number of hydrogen-bond donors (Lipinski definition) is 1. The second-order valence-electron chi connectivity index (χ2n) is 5.39. The zero-order chi connectivity index (χ0) is 14.4. The minimum absolute atomic E-state index is 0.150. The Morgan fingerprint density at radius 1 is 1.50 bits per heavy atom. The van der Waals surface area contributed by atoms with Gasteiger partial charge in [0.05, 0.1) is 0 Å². The van der Waals surface area contributed by atoms with Gasteiger partial charge in [0, 0.05) is 36.7 Å². The van der Waals surface area contributed by atoms with Gasteiger partial charge in [-0.15, -0.1) is 0 Å². The number of rotatable bonds is 6. The van der Waals surface area contributed by atoms with E-state index in [1.54, 1.807) is 12.1 Å². The normalized spacial score (nSPS) is 21.9. The summed E-state index contributed by atoms with van der Waals surface area (Å²) in [6.45, 7) is 5.73. The van der Waals surface area contributed by atoms with E-state index in [1.807, 2.05) is 13.1 Å². The summed E-state index contributed by atoms with van der Waals surface area (Å²) in [5, 5.41) is 4.10. The maximum atomic E-state index is 13.3. The predicted molar refractivity (Wildman–Crippen MR) is 85.8 cm³/mol. The lowest BCUT2D eigenvalue weighted by atomic mass is 10.0. The molecule has 1 fully saturated rings. The maximum absolute atomic E-state index is 13.3. The quantitative estimate of drug-likeness (QED) is 0.867. The second-order valence-corrected chi connectivity index (χ2v) is 6.79. The molecule has 20 heavy (non-hydrogen) atoms. The Morgan fingerprint density at radius 3 is 3.05 bits per heavy atom. The van der Waals surface area contributed by atoms with Gasteiger partial charge in [0.1, 0.15) is 5.82 Å². The first-order valence-corrected chi connectivity index (χ1v) is 8.54. The Balaban J connectivity index is 1.87. The Hall–Kier alpha value is -0.580. The summed E-state index contributed by atoms with van der Waals surface area (Å²) in [5.41, 5.74) is 1.05. The van der Waals surface area contributed by atoms with Crippen LogP contribution in [0.25, 0.3) is 0 Å². The number of nitrogens with zero attached hydrogens (tertiary/aromatic N) is 1. The number of halogens is 1. The smallest absolute Gasteiger partial charge is 0.123 e. The van der Waals surface area contributed by atoms with Crippen LogP contribution < -0.4 is 5.32 Å². The molecule has 2 rings (SSSR count). The molecule has 1 aromatic carbocycles. The molecule has 0 saturated carbocycles. The summed E-state index contributed by atoms with van der Waals surface area (Å²) >= 11 is 2.10. The fraction of sp³-hybridized carbons (Fsp3) is 0.625. The summed E-state index contributed by atoms with van der Waals surface area (Å²) in [6, 6.07) is 7.18. The van der Waals surface area contributed by atoms with E-state index < -0.39 is 0 Å². The lowest BCUT2D eigenvalue weighted by molar-refractivity contribution is 0.265. The van der Waals surface area contributed by atoms with E-state index in [1.165, 1.54) is 31.3 Å². The van der Waals surface area contributed by atoms with Gasteiger partial charge >= 0.3 is 0 Å². The van der Waals surface area contributed by atoms with Gasteiger partial charge in [0.25, 0.3) is 0 Å². The molecule has 0 bridgehead atoms. The molecular weight excluding hydrogens is 271 g/mol. The van der Waals surface area contributed by atoms with Crippen molar-refractivity contribution in [2.24, 2.45) is 0 Å². The van der Waals surface area contributed by atoms with Crippen LogP contribution in [0.15, 0.2) is 24.3 Å². The van der Waals surface area contributed by atoms with Gasteiger partial charge in [-0.1, -0.05) is 19.1 Å². The van der Waals surface area contributed by atoms with Crippen LogP contribution in [0.2, 0.25) is 0 Å². The number of thioether (sulfide) groups is 1. The summed E-state index contributed by atoms with van der Waals surface area (Å²) in [4.78, 5) is 2.55. The Kier molecular flexibility index (Phi) is 6.33. The standard InChI is InChI=1S/C16H25FN2S/c1-3-15-12-19(9-10-20-15)8-7-16(18-2)13-5-4-6-14(17)11-13/h4-6,11,15-16,18H,3,7-10,12H2,1-2H3. The molecular formula is C16H25FN2S. The zero-order valence-corrected chi connectivity index (χ0v) is 13.3. The molecule has 1 N–H and O–H groups in total. The highest BCUT2D eigenvalue weighted by Crippen LogP contribution is 2.23. The van der Waals surface area contributed by atoms with Gasteiger partial charge in [-0.3, -0.25) is 0 Å². The van der Waals surface area contributed by atoms with Crippen molar-refractivity contribution >= 4 is 11.8 Å². The molecule has 0 aromatic heterocycles. The lowest BCUT2D eigenvalue weighted by Crippen LogP contribution is -2.39. The molecule has 2 atom stereocenters. The molecule has 1 saturated heterocycles. The molecule has 1 heterocycles. The summed E-state index contributed by atoms with van der Waals surface area (Å²) in [6.07, 6.45) is 2.28. The highest BCUT2D eigenvalue weighted by molar-refractivity contribution is 8.00. The van der Waals surface area contributed by atoms with Crippen molar-refractivity contribution in [1.29, 1.82) is 0 Å². The first-order chi connectivity index (χ1) is 9.72. The van der Waals surface area contributed by atoms with Gasteiger partial charge in [-0.2, -0.15) is 11.8 Å². The number of hydrogen-bond acceptors (Lipinski definition) is 3. The van der Waals surface area contributed by atoms with Gasteiger partial charge < -0.3 is 10.2 Å². The van der Waals surface area contributed by atoms with E-state index in [0.717, 1.165) is 23.8 Å². The van der Waals surface area contributed by atoms with Crippen LogP contribution in [0.5, 0.6) is 0 Å². The second kappa shape index (κ2) is 8.01. The van der Waals surface area contributed by atoms with E-state index in [4.69, 9.17) is 0 Å². The van der Waals surface area contributed by atoms with Gasteiger partial charge in [-0.25, -0.2) is 4.39 Å². The van der Waals surface area contributed by atoms with E-state index >= 15 is 0 Å². The highest BCUT2D eigenvalue weighted by atomic mass is 32.2. The summed E-state index contributed by atoms with van der Waals surface area (Å²) in [5.74, 6) is 1.09. The lowest BCUT2D eigenvalue weighted by Gasteiger charge is -2.32. The molecule has 4 heteroatoms. The van der Waals surface area contributed by atoms with Crippen LogP contribution in [0.3, 0.4) is 0 Å². The molecule has 1 aliphatic heterocycles. The molecule has 0 aliphatic carbocycles. The molecule has 1 aliphatic rings. The van der Waals surface area contributed by atoms with Crippen LogP contribution in [0, 0.1) is 5.82 Å². The van der Waals surface area contributed by atoms with E-state index in [-0.39, 0.29) is 11.9 Å². The van der Waals surface area contributed by atoms with Crippen LogP contribution in [-0.4, -0.2) is 42.6 Å². The van der Waals surface area contributed by atoms with Crippen LogP contribution >= 0.6 is 11.8 Å². The average molecular weight is 296 g/mol. The van der Waals surface area contributed by atoms with Crippen LogP contribution in [-0.2, 0) is 0 Å². The van der Waals surface area contributed by atoms with Crippen molar-refractivity contribution < 1.29 is 4.39 Å². The first kappa shape index (κ1) is 15.8. The zero-order valence-electron chi connectivity index (χ0n) is 12.4. The minimum atomic E-state index is -0.150. The Labute approximate surface area is 126 Å². The first-order valence-electron chi connectivity index (χ1n) is 7.49. The van der Waals surface area contributed by atoms with Crippen molar-refractivity contribution in [3.8, 4) is 0 Å². The van der Waals surface area contributed by atoms with Gasteiger partial charge in [-0.05, 0) is 37.6 Å². The molecule has 0 amide bonds. The fourth-order valence-corrected chi connectivity index (χ4v) is 3.99. The fourth-order valence-electron chi connectivity index (χ4n) is 2.74. The third kappa shape index (κ3) is 4.47. The summed E-state index contributed by atoms with van der Waals surface area (Å²) < 4.78 is 13.3. The average Bonchev–Trinajstić information content (AvgIpc) is 2.48. The van der Waals surface area contributed by atoms with Gasteiger partial charge in [0.2, 0.25) is 0 Å². The number of nitrogens with one attached hydrogen (secondary N) is 1. The molecule has 2 unspecified atom stereocenters. The molecule has 1 aromatic rings. The van der Waals surface area contributed by atoms with Crippen molar-refractivity contribution in [3.05, 3.63) is 35.6 Å².